The van der Waals surface area contributed by atoms with Gasteiger partial charge in [0.15, 0.2) is 6.04 Å². The topological polar surface area (TPSA) is 102 Å². The average molecular weight is 385 g/mol. The monoisotopic (exact) mass is 385 g/mol. The first kappa shape index (κ1) is 21.3. The number of hydrogen-bond donors (Lipinski definition) is 2. The van der Waals surface area contributed by atoms with Gasteiger partial charge in [-0.25, -0.2) is 4.79 Å². The van der Waals surface area contributed by atoms with Crippen LogP contribution in [0.5, 0.6) is 0 Å². The first-order valence-electron chi connectivity index (χ1n) is 8.83. The lowest BCUT2D eigenvalue weighted by atomic mass is 10.1. The number of ketones is 1. The van der Waals surface area contributed by atoms with Gasteiger partial charge in [0, 0.05) is 5.56 Å². The summed E-state index contributed by atoms with van der Waals surface area (Å²) in [5, 5.41) is 11.4. The quantitative estimate of drug-likeness (QED) is 0.453. The minimum atomic E-state index is -1.33. The Morgan fingerprint density at radius 1 is 0.964 bits per heavy atom. The summed E-state index contributed by atoms with van der Waals surface area (Å²) >= 11 is 0. The highest BCUT2D eigenvalue weighted by molar-refractivity contribution is 6.43. The van der Waals surface area contributed by atoms with Crippen LogP contribution in [0.4, 0.5) is 0 Å². The number of Topliss-reactive ketones (excluding diaryl/α,β-unsaturated/α-hetero) is 1. The molecular formula is C21H23NO6. The van der Waals surface area contributed by atoms with Gasteiger partial charge in [0.1, 0.15) is 0 Å². The molecule has 0 aliphatic carbocycles. The van der Waals surface area contributed by atoms with Crippen LogP contribution in [0.1, 0.15) is 22.8 Å². The zero-order valence-electron chi connectivity index (χ0n) is 15.5. The molecule has 2 rings (SSSR count). The minimum Gasteiger partial charge on any atom is -0.480 e. The summed E-state index contributed by atoms with van der Waals surface area (Å²) in [6, 6.07) is 16.2. The van der Waals surface area contributed by atoms with E-state index in [0.29, 0.717) is 6.61 Å². The Morgan fingerprint density at radius 3 is 2.18 bits per heavy atom. The molecule has 2 atom stereocenters. The van der Waals surface area contributed by atoms with Gasteiger partial charge in [0.05, 0.1) is 25.9 Å². The number of amides is 1. The Bertz CT molecular complexity index is 778. The van der Waals surface area contributed by atoms with Gasteiger partial charge in [-0.15, -0.1) is 0 Å². The summed E-state index contributed by atoms with van der Waals surface area (Å²) in [5.74, 6) is -3.07. The lowest BCUT2D eigenvalue weighted by Crippen LogP contribution is -2.47. The Labute approximate surface area is 163 Å². The zero-order chi connectivity index (χ0) is 20.4. The Kier molecular flexibility index (Phi) is 8.33. The van der Waals surface area contributed by atoms with E-state index in [9.17, 15) is 19.5 Å². The van der Waals surface area contributed by atoms with Crippen molar-refractivity contribution in [2.45, 2.75) is 25.7 Å². The third kappa shape index (κ3) is 6.94. The number of carbonyl (C=O) groups excluding carboxylic acids is 2. The number of ether oxygens (including phenoxy) is 2. The highest BCUT2D eigenvalue weighted by Crippen LogP contribution is 2.04. The van der Waals surface area contributed by atoms with E-state index in [1.807, 2.05) is 30.3 Å². The van der Waals surface area contributed by atoms with Crippen molar-refractivity contribution < 1.29 is 29.0 Å². The summed E-state index contributed by atoms with van der Waals surface area (Å²) in [4.78, 5) is 35.4. The third-order valence-electron chi connectivity index (χ3n) is 3.86. The molecule has 0 spiro atoms. The van der Waals surface area contributed by atoms with Gasteiger partial charge in [-0.1, -0.05) is 60.7 Å². The van der Waals surface area contributed by atoms with Crippen LogP contribution in [0.2, 0.25) is 0 Å². The van der Waals surface area contributed by atoms with Crippen molar-refractivity contribution in [3.63, 3.8) is 0 Å². The molecule has 0 saturated heterocycles. The molecule has 7 nitrogen and oxygen atoms in total. The first-order chi connectivity index (χ1) is 13.5. The first-order valence-corrected chi connectivity index (χ1v) is 8.83. The van der Waals surface area contributed by atoms with Gasteiger partial charge < -0.3 is 19.9 Å². The van der Waals surface area contributed by atoms with E-state index < -0.39 is 23.7 Å². The lowest BCUT2D eigenvalue weighted by molar-refractivity contribution is -0.143. The van der Waals surface area contributed by atoms with Crippen LogP contribution in [0.25, 0.3) is 0 Å². The number of benzene rings is 2. The van der Waals surface area contributed by atoms with E-state index in [4.69, 9.17) is 9.47 Å². The van der Waals surface area contributed by atoms with Crippen LogP contribution in [0, 0.1) is 0 Å². The highest BCUT2D eigenvalue weighted by Gasteiger charge is 2.25. The van der Waals surface area contributed by atoms with Crippen LogP contribution in [-0.2, 0) is 25.7 Å². The van der Waals surface area contributed by atoms with Crippen molar-refractivity contribution in [2.75, 3.05) is 13.2 Å². The van der Waals surface area contributed by atoms with Crippen LogP contribution < -0.4 is 5.32 Å². The molecule has 7 heteroatoms. The van der Waals surface area contributed by atoms with Gasteiger partial charge in [0.25, 0.3) is 5.91 Å². The zero-order valence-corrected chi connectivity index (χ0v) is 15.5. The maximum absolute atomic E-state index is 12.0. The van der Waals surface area contributed by atoms with Crippen molar-refractivity contribution >= 4 is 17.7 Å². The van der Waals surface area contributed by atoms with Gasteiger partial charge in [-0.05, 0) is 12.5 Å². The SMILES string of the molecule is C[C@@H](COC[C@H](NC(=O)C(=O)c1ccccc1)C(=O)O)OCc1ccccc1. The molecule has 0 fully saturated rings. The summed E-state index contributed by atoms with van der Waals surface area (Å²) in [6.45, 7) is 2.09. The standard InChI is InChI=1S/C21H23NO6/c1-15(28-13-16-8-4-2-5-9-16)12-27-14-18(21(25)26)22-20(24)19(23)17-10-6-3-7-11-17/h2-11,15,18H,12-14H2,1H3,(H,22,24)(H,25,26)/t15-,18-/m0/s1. The van der Waals surface area contributed by atoms with Gasteiger partial charge in [-0.3, -0.25) is 9.59 Å². The number of carboxylic acids is 1. The molecule has 0 saturated carbocycles. The number of aliphatic carboxylic acids is 1. The lowest BCUT2D eigenvalue weighted by Gasteiger charge is -2.17. The molecule has 28 heavy (non-hydrogen) atoms. The summed E-state index contributed by atoms with van der Waals surface area (Å²) < 4.78 is 11.0. The normalized spacial score (nSPS) is 12.8. The van der Waals surface area contributed by atoms with Crippen LogP contribution in [0.15, 0.2) is 60.7 Å². The van der Waals surface area contributed by atoms with E-state index in [-0.39, 0.29) is 24.9 Å². The van der Waals surface area contributed by atoms with Crippen molar-refractivity contribution in [3.8, 4) is 0 Å². The molecule has 0 radical (unpaired) electrons. The number of carbonyl (C=O) groups is 3. The molecule has 148 valence electrons. The molecule has 0 heterocycles. The molecule has 0 bridgehead atoms. The Balaban J connectivity index is 1.77. The number of rotatable bonds is 11. The van der Waals surface area contributed by atoms with Crippen LogP contribution >= 0.6 is 0 Å². The van der Waals surface area contributed by atoms with Crippen LogP contribution in [0.3, 0.4) is 0 Å². The predicted octanol–water partition coefficient (Wildman–Crippen LogP) is 2.06. The van der Waals surface area contributed by atoms with Crippen molar-refractivity contribution in [1.82, 2.24) is 5.32 Å². The second-order valence-corrected chi connectivity index (χ2v) is 6.20. The molecule has 0 aromatic heterocycles. The van der Waals surface area contributed by atoms with E-state index in [1.165, 1.54) is 12.1 Å². The number of hydrogen-bond acceptors (Lipinski definition) is 5. The second-order valence-electron chi connectivity index (χ2n) is 6.20. The fourth-order valence-electron chi connectivity index (χ4n) is 2.33. The van der Waals surface area contributed by atoms with Crippen molar-refractivity contribution in [2.24, 2.45) is 0 Å². The van der Waals surface area contributed by atoms with Gasteiger partial charge in [-0.2, -0.15) is 0 Å². The summed E-state index contributed by atoms with van der Waals surface area (Å²) in [5.41, 5.74) is 1.21. The fourth-order valence-corrected chi connectivity index (χ4v) is 2.33. The summed E-state index contributed by atoms with van der Waals surface area (Å²) in [7, 11) is 0. The van der Waals surface area contributed by atoms with Crippen molar-refractivity contribution in [1.29, 1.82) is 0 Å². The van der Waals surface area contributed by atoms with E-state index in [1.54, 1.807) is 25.1 Å². The van der Waals surface area contributed by atoms with Crippen molar-refractivity contribution in [3.05, 3.63) is 71.8 Å². The summed E-state index contributed by atoms with van der Waals surface area (Å²) in [6.07, 6.45) is -0.267. The number of nitrogens with one attached hydrogen (secondary N) is 1. The van der Waals surface area contributed by atoms with E-state index >= 15 is 0 Å². The largest absolute Gasteiger partial charge is 0.480 e. The molecule has 1 amide bonds. The second kappa shape index (κ2) is 11.0. The molecule has 0 aliphatic heterocycles. The molecule has 2 N–H and O–H groups in total. The fraction of sp³-hybridized carbons (Fsp3) is 0.286. The smallest absolute Gasteiger partial charge is 0.328 e. The molecule has 0 aliphatic rings. The van der Waals surface area contributed by atoms with E-state index in [2.05, 4.69) is 5.32 Å². The molecule has 2 aromatic rings. The average Bonchev–Trinajstić information content (AvgIpc) is 2.72. The maximum atomic E-state index is 12.0. The highest BCUT2D eigenvalue weighted by atomic mass is 16.5. The Morgan fingerprint density at radius 2 is 1.57 bits per heavy atom. The minimum absolute atomic E-state index is 0.152. The van der Waals surface area contributed by atoms with E-state index in [0.717, 1.165) is 5.56 Å². The van der Waals surface area contributed by atoms with Gasteiger partial charge >= 0.3 is 5.97 Å². The molecule has 0 unspecified atom stereocenters. The number of carboxylic acid groups (broad SMARTS) is 1. The maximum Gasteiger partial charge on any atom is 0.328 e. The Hall–Kier alpha value is -3.03. The third-order valence-corrected chi connectivity index (χ3v) is 3.86. The molecular weight excluding hydrogens is 362 g/mol. The van der Waals surface area contributed by atoms with Gasteiger partial charge in [0.2, 0.25) is 5.78 Å². The molecule has 2 aromatic carbocycles. The predicted molar refractivity (Wildman–Crippen MR) is 102 cm³/mol. The van der Waals surface area contributed by atoms with Crippen LogP contribution in [-0.4, -0.2) is 48.1 Å².